The van der Waals surface area contributed by atoms with Crippen molar-refractivity contribution in [3.05, 3.63) is 89.5 Å². The molecule has 2 heterocycles. The zero-order valence-corrected chi connectivity index (χ0v) is 29.0. The third-order valence-corrected chi connectivity index (χ3v) is 8.58. The van der Waals surface area contributed by atoms with Crippen LogP contribution in [0, 0.1) is 0 Å². The Morgan fingerprint density at radius 2 is 1.68 bits per heavy atom. The summed E-state index contributed by atoms with van der Waals surface area (Å²) in [7, 11) is 10.7. The minimum absolute atomic E-state index is 0. The van der Waals surface area contributed by atoms with Crippen LogP contribution in [0.2, 0.25) is 0 Å². The van der Waals surface area contributed by atoms with Crippen molar-refractivity contribution < 1.29 is 46.5 Å². The molecule has 5 rings (SSSR count). The Labute approximate surface area is 275 Å². The Kier molecular flexibility index (Phi) is 10.6. The van der Waals surface area contributed by atoms with Crippen molar-refractivity contribution in [2.24, 2.45) is 0 Å². The summed E-state index contributed by atoms with van der Waals surface area (Å²) in [6, 6.07) is 28.2. The van der Waals surface area contributed by atoms with Crippen molar-refractivity contribution in [1.29, 1.82) is 0 Å². The topological polar surface area (TPSA) is 19.6 Å². The summed E-state index contributed by atoms with van der Waals surface area (Å²) in [5.41, 5.74) is 4.77. The molecular weight excluding hydrogens is 601 g/mol. The van der Waals surface area contributed by atoms with Gasteiger partial charge in [0, 0.05) is 68.6 Å². The van der Waals surface area contributed by atoms with Gasteiger partial charge in [0.25, 0.3) is 5.82 Å². The van der Waals surface area contributed by atoms with Gasteiger partial charge in [0.1, 0.15) is 17.0 Å². The van der Waals surface area contributed by atoms with Crippen LogP contribution in [0.1, 0.15) is 25.3 Å². The molecule has 211 valence electrons. The van der Waals surface area contributed by atoms with E-state index in [9.17, 15) is 0 Å². The first kappa shape index (κ1) is 31.6. The van der Waals surface area contributed by atoms with Gasteiger partial charge in [-0.2, -0.15) is 4.57 Å². The number of aromatic nitrogens is 1. The summed E-state index contributed by atoms with van der Waals surface area (Å²) in [4.78, 5) is 6.17. The zero-order valence-electron chi connectivity index (χ0n) is 25.3. The molecule has 0 N–H and O–H groups in total. The van der Waals surface area contributed by atoms with Crippen molar-refractivity contribution >= 4 is 40.2 Å². The van der Waals surface area contributed by atoms with Crippen LogP contribution in [0.15, 0.2) is 88.8 Å². The number of hydrogen-bond donors (Lipinski definition) is 0. The molecule has 5 nitrogen and oxygen atoms in total. The second kappa shape index (κ2) is 13.7. The standard InChI is InChI=1S/C34H42N4OS.Y/c1-7-20-36(21-13-22-38(3,4)5)33-23-26(24-34-35(2)30-16-11-12-17-32(30)40-34)29-19-18-28(39-6)25-31(29)37(33)27-14-9-8-10-15-27;/h8-12,14-19,23-25H,7,13,20-22H2,1-6H3;/q+2;. The largest absolute Gasteiger partial charge is 0.497 e. The number of hydrogen-bond acceptors (Lipinski definition) is 4. The summed E-state index contributed by atoms with van der Waals surface area (Å²) in [5.74, 6) is 2.07. The molecule has 0 fully saturated rings. The van der Waals surface area contributed by atoms with Gasteiger partial charge >= 0.3 is 0 Å². The minimum atomic E-state index is 0. The van der Waals surface area contributed by atoms with E-state index in [-0.39, 0.29) is 32.7 Å². The van der Waals surface area contributed by atoms with E-state index in [4.69, 9.17) is 4.74 Å². The maximum Gasteiger partial charge on any atom is 0.282 e. The van der Waals surface area contributed by atoms with Crippen molar-refractivity contribution in [3.8, 4) is 11.4 Å². The molecule has 0 unspecified atom stereocenters. The molecule has 0 spiro atoms. The molecule has 0 bridgehead atoms. The number of ether oxygens (including phenoxy) is 1. The van der Waals surface area contributed by atoms with Crippen molar-refractivity contribution in [2.75, 3.05) is 64.7 Å². The molecule has 0 atom stereocenters. The van der Waals surface area contributed by atoms with Crippen LogP contribution in [0.4, 0.5) is 11.5 Å². The van der Waals surface area contributed by atoms with Crippen LogP contribution in [-0.2, 0) is 32.7 Å². The van der Waals surface area contributed by atoms with Crippen LogP contribution in [-0.4, -0.2) is 59.4 Å². The number of nitrogens with zero attached hydrogens (tertiary/aromatic N) is 4. The van der Waals surface area contributed by atoms with Crippen LogP contribution < -0.4 is 19.1 Å². The fraction of sp³-hybridized carbons (Fsp3) is 0.324. The number of para-hydroxylation sites is 2. The van der Waals surface area contributed by atoms with E-state index < -0.39 is 0 Å². The smallest absolute Gasteiger partial charge is 0.282 e. The number of anilines is 2. The number of rotatable bonds is 10. The van der Waals surface area contributed by atoms with Gasteiger partial charge in [0.05, 0.1) is 58.6 Å². The molecule has 0 amide bonds. The Morgan fingerprint density at radius 1 is 0.951 bits per heavy atom. The Balaban J connectivity index is 0.00000387. The average Bonchev–Trinajstić information content (AvgIpc) is 3.26. The van der Waals surface area contributed by atoms with Gasteiger partial charge in [-0.1, -0.05) is 49.0 Å². The van der Waals surface area contributed by atoms with Crippen LogP contribution in [0.5, 0.6) is 5.75 Å². The van der Waals surface area contributed by atoms with E-state index in [1.807, 2.05) is 11.8 Å². The molecule has 3 aromatic carbocycles. The SMILES string of the molecule is CCCN(CCC[N+](C)(C)C)c1cc(C=C2Sc3ccccc3N2C)c2ccc(OC)cc2[n+]1-c1ccccc1.[Y]. The molecule has 0 saturated heterocycles. The van der Waals surface area contributed by atoms with E-state index in [1.54, 1.807) is 7.11 Å². The van der Waals surface area contributed by atoms with Crippen LogP contribution >= 0.6 is 11.8 Å². The molecule has 0 aliphatic carbocycles. The number of pyridine rings is 1. The van der Waals surface area contributed by atoms with E-state index >= 15 is 0 Å². The summed E-state index contributed by atoms with van der Waals surface area (Å²) < 4.78 is 9.12. The van der Waals surface area contributed by atoms with Gasteiger partial charge in [-0.3, -0.25) is 4.90 Å². The Bertz CT molecular complexity index is 1520. The van der Waals surface area contributed by atoms with Gasteiger partial charge in [-0.25, -0.2) is 0 Å². The van der Waals surface area contributed by atoms with Gasteiger partial charge in [-0.05, 0) is 54.5 Å². The zero-order chi connectivity index (χ0) is 28.3. The summed E-state index contributed by atoms with van der Waals surface area (Å²) in [5, 5.41) is 2.43. The van der Waals surface area contributed by atoms with Gasteiger partial charge < -0.3 is 14.1 Å². The third kappa shape index (κ3) is 7.17. The average molecular weight is 644 g/mol. The quantitative estimate of drug-likeness (QED) is 0.137. The molecule has 1 aliphatic rings. The third-order valence-electron chi connectivity index (χ3n) is 7.41. The monoisotopic (exact) mass is 643 g/mol. The van der Waals surface area contributed by atoms with E-state index in [1.165, 1.54) is 32.4 Å². The van der Waals surface area contributed by atoms with Crippen LogP contribution in [0.25, 0.3) is 22.7 Å². The van der Waals surface area contributed by atoms with Crippen molar-refractivity contribution in [2.45, 2.75) is 24.7 Å². The van der Waals surface area contributed by atoms with Crippen LogP contribution in [0.3, 0.4) is 0 Å². The fourth-order valence-electron chi connectivity index (χ4n) is 5.40. The van der Waals surface area contributed by atoms with E-state index in [2.05, 4.69) is 134 Å². The van der Waals surface area contributed by atoms with Gasteiger partial charge in [0.15, 0.2) is 0 Å². The predicted octanol–water partition coefficient (Wildman–Crippen LogP) is 6.98. The molecule has 41 heavy (non-hydrogen) atoms. The van der Waals surface area contributed by atoms with Gasteiger partial charge in [0.2, 0.25) is 0 Å². The number of methoxy groups -OCH3 is 1. The number of benzene rings is 3. The maximum absolute atomic E-state index is 5.74. The molecule has 1 aromatic heterocycles. The molecule has 7 heteroatoms. The number of fused-ring (bicyclic) bond motifs is 2. The Hall–Kier alpha value is -2.38. The molecule has 4 aromatic rings. The first-order chi connectivity index (χ1) is 19.3. The van der Waals surface area contributed by atoms with E-state index in [0.29, 0.717) is 0 Å². The maximum atomic E-state index is 5.74. The van der Waals surface area contributed by atoms with Crippen molar-refractivity contribution in [1.82, 2.24) is 0 Å². The summed E-state index contributed by atoms with van der Waals surface area (Å²) in [6.07, 6.45) is 4.56. The minimum Gasteiger partial charge on any atom is -0.497 e. The fourth-order valence-corrected chi connectivity index (χ4v) is 6.50. The van der Waals surface area contributed by atoms with Crippen molar-refractivity contribution in [3.63, 3.8) is 0 Å². The Morgan fingerprint density at radius 3 is 2.37 bits per heavy atom. The molecule has 1 radical (unpaired) electrons. The molecule has 0 saturated carbocycles. The second-order valence-corrected chi connectivity index (χ2v) is 12.5. The first-order valence-electron chi connectivity index (χ1n) is 14.2. The summed E-state index contributed by atoms with van der Waals surface area (Å²) in [6.45, 7) is 5.40. The number of thioether (sulfide) groups is 1. The molecule has 1 aliphatic heterocycles. The first-order valence-corrected chi connectivity index (χ1v) is 15.0. The predicted molar refractivity (Wildman–Crippen MR) is 171 cm³/mol. The number of quaternary nitrogens is 1. The van der Waals surface area contributed by atoms with Gasteiger partial charge in [-0.15, -0.1) is 0 Å². The second-order valence-electron chi connectivity index (χ2n) is 11.5. The normalized spacial score (nSPS) is 13.8. The molecular formula is C34H42N4OSY+2. The van der Waals surface area contributed by atoms with E-state index in [0.717, 1.165) is 53.9 Å². The summed E-state index contributed by atoms with van der Waals surface area (Å²) >= 11 is 1.84.